The number of nitrogens with one attached hydrogen (secondary N) is 2. The van der Waals surface area contributed by atoms with Crippen LogP contribution < -0.4 is 15.9 Å². The Balaban J connectivity index is 1.51. The van der Waals surface area contributed by atoms with E-state index in [9.17, 15) is 14.4 Å². The molecular formula is C18H21N5O4S. The number of amides is 2. The van der Waals surface area contributed by atoms with Crippen LogP contribution in [0.15, 0.2) is 34.2 Å². The lowest BCUT2D eigenvalue weighted by atomic mass is 10.2. The molecule has 1 aromatic heterocycles. The molecule has 2 N–H and O–H groups in total. The van der Waals surface area contributed by atoms with Gasteiger partial charge in [0.25, 0.3) is 0 Å². The van der Waals surface area contributed by atoms with E-state index in [4.69, 9.17) is 4.74 Å². The minimum atomic E-state index is -0.530. The number of fused-ring (bicyclic) bond motifs is 1. The van der Waals surface area contributed by atoms with Gasteiger partial charge in [-0.2, -0.15) is 0 Å². The second-order valence-corrected chi connectivity index (χ2v) is 8.11. The van der Waals surface area contributed by atoms with E-state index in [0.29, 0.717) is 29.7 Å². The predicted molar refractivity (Wildman–Crippen MR) is 105 cm³/mol. The number of ether oxygens (including phenoxy) is 1. The van der Waals surface area contributed by atoms with Crippen LogP contribution in [0.5, 0.6) is 0 Å². The average Bonchev–Trinajstić information content (AvgIpc) is 3.32. The normalized spacial score (nSPS) is 20.0. The molecule has 0 aliphatic carbocycles. The summed E-state index contributed by atoms with van der Waals surface area (Å²) >= 11 is 1.19. The molecule has 1 saturated heterocycles. The molecule has 0 radical (unpaired) electrons. The maximum Gasteiger partial charge on any atom is 0.344 e. The number of carbonyl (C=O) groups is 2. The third kappa shape index (κ3) is 3.69. The molecule has 2 amide bonds. The number of nitrogens with zero attached hydrogens (tertiary/aromatic N) is 3. The second kappa shape index (κ2) is 7.80. The standard InChI is InChI=1S/C18H21N5O4S/c1-11(16(25)22-10-15(24)19-13-6-2-3-7-14(13)22)28-18-21-20-17(26)23(18)9-12-5-4-8-27-12/h2-3,6-7,11-12H,4-5,8-10H2,1H3,(H,19,24)(H,20,26)/t11-,12+/m1/s1. The monoisotopic (exact) mass is 403 g/mol. The Morgan fingerprint density at radius 1 is 1.39 bits per heavy atom. The summed E-state index contributed by atoms with van der Waals surface area (Å²) in [6, 6.07) is 7.18. The van der Waals surface area contributed by atoms with Gasteiger partial charge in [-0.15, -0.1) is 5.10 Å². The number of aromatic nitrogens is 3. The molecule has 0 spiro atoms. The van der Waals surface area contributed by atoms with Crippen molar-refractivity contribution in [3.63, 3.8) is 0 Å². The molecular weight excluding hydrogens is 382 g/mol. The molecule has 2 aromatic rings. The molecule has 148 valence electrons. The molecule has 2 atom stereocenters. The summed E-state index contributed by atoms with van der Waals surface area (Å²) in [5.41, 5.74) is 0.957. The van der Waals surface area contributed by atoms with Crippen LogP contribution in [0.25, 0.3) is 0 Å². The number of benzene rings is 1. The van der Waals surface area contributed by atoms with Crippen molar-refractivity contribution in [2.24, 2.45) is 0 Å². The maximum atomic E-state index is 13.0. The van der Waals surface area contributed by atoms with Gasteiger partial charge in [-0.25, -0.2) is 9.89 Å². The van der Waals surface area contributed by atoms with Gasteiger partial charge in [0.15, 0.2) is 5.16 Å². The molecule has 2 aliphatic rings. The number of anilines is 2. The molecule has 4 rings (SSSR count). The number of aromatic amines is 1. The van der Waals surface area contributed by atoms with Crippen LogP contribution in [-0.4, -0.2) is 51.1 Å². The van der Waals surface area contributed by atoms with Gasteiger partial charge in [0, 0.05) is 6.61 Å². The fraction of sp³-hybridized carbons (Fsp3) is 0.444. The summed E-state index contributed by atoms with van der Waals surface area (Å²) in [4.78, 5) is 38.6. The zero-order chi connectivity index (χ0) is 19.7. The molecule has 1 aromatic carbocycles. The highest BCUT2D eigenvalue weighted by molar-refractivity contribution is 8.00. The van der Waals surface area contributed by atoms with E-state index in [0.717, 1.165) is 12.8 Å². The molecule has 28 heavy (non-hydrogen) atoms. The van der Waals surface area contributed by atoms with Gasteiger partial charge in [0.05, 0.1) is 29.3 Å². The van der Waals surface area contributed by atoms with E-state index in [2.05, 4.69) is 15.5 Å². The third-order valence-corrected chi connectivity index (χ3v) is 5.88. The fourth-order valence-corrected chi connectivity index (χ4v) is 4.33. The first kappa shape index (κ1) is 18.8. The summed E-state index contributed by atoms with van der Waals surface area (Å²) < 4.78 is 7.12. The number of carbonyl (C=O) groups excluding carboxylic acids is 2. The van der Waals surface area contributed by atoms with Crippen LogP contribution in [0.2, 0.25) is 0 Å². The average molecular weight is 403 g/mol. The number of rotatable bonds is 5. The SMILES string of the molecule is C[C@@H](Sc1n[nH]c(=O)n1C[C@@H]1CCCO1)C(=O)N1CC(=O)Nc2ccccc21. The highest BCUT2D eigenvalue weighted by Gasteiger charge is 2.31. The van der Waals surface area contributed by atoms with Crippen molar-refractivity contribution in [3.05, 3.63) is 34.7 Å². The minimum Gasteiger partial charge on any atom is -0.376 e. The van der Waals surface area contributed by atoms with E-state index in [1.807, 2.05) is 6.07 Å². The number of thioether (sulfide) groups is 1. The lowest BCUT2D eigenvalue weighted by Crippen LogP contribution is -2.45. The predicted octanol–water partition coefficient (Wildman–Crippen LogP) is 1.22. The van der Waals surface area contributed by atoms with E-state index in [1.165, 1.54) is 21.2 Å². The van der Waals surface area contributed by atoms with Crippen LogP contribution >= 0.6 is 11.8 Å². The summed E-state index contributed by atoms with van der Waals surface area (Å²) in [5, 5.41) is 9.20. The Morgan fingerprint density at radius 3 is 3.00 bits per heavy atom. The number of para-hydroxylation sites is 2. The fourth-order valence-electron chi connectivity index (χ4n) is 3.40. The van der Waals surface area contributed by atoms with Crippen LogP contribution in [0.4, 0.5) is 11.4 Å². The second-order valence-electron chi connectivity index (χ2n) is 6.81. The summed E-state index contributed by atoms with van der Waals surface area (Å²) in [7, 11) is 0. The molecule has 3 heterocycles. The summed E-state index contributed by atoms with van der Waals surface area (Å²) in [5.74, 6) is -0.453. The summed E-state index contributed by atoms with van der Waals surface area (Å²) in [6.07, 6.45) is 1.86. The number of hydrogen-bond acceptors (Lipinski definition) is 6. The molecule has 9 nitrogen and oxygen atoms in total. The Bertz CT molecular complexity index is 949. The third-order valence-electron chi connectivity index (χ3n) is 4.80. The van der Waals surface area contributed by atoms with E-state index < -0.39 is 5.25 Å². The van der Waals surface area contributed by atoms with Crippen LogP contribution in [0, 0.1) is 0 Å². The molecule has 0 unspecified atom stereocenters. The van der Waals surface area contributed by atoms with Crippen LogP contribution in [0.3, 0.4) is 0 Å². The number of hydrogen-bond donors (Lipinski definition) is 2. The zero-order valence-corrected chi connectivity index (χ0v) is 16.2. The quantitative estimate of drug-likeness (QED) is 0.727. The first-order valence-corrected chi connectivity index (χ1v) is 10.0. The molecule has 10 heteroatoms. The highest BCUT2D eigenvalue weighted by atomic mass is 32.2. The van der Waals surface area contributed by atoms with Crippen LogP contribution in [0.1, 0.15) is 19.8 Å². The van der Waals surface area contributed by atoms with Crippen molar-refractivity contribution < 1.29 is 14.3 Å². The van der Waals surface area contributed by atoms with Gasteiger partial charge in [0.2, 0.25) is 11.8 Å². The first-order valence-electron chi connectivity index (χ1n) is 9.16. The van der Waals surface area contributed by atoms with Crippen molar-refractivity contribution in [1.82, 2.24) is 14.8 Å². The van der Waals surface area contributed by atoms with E-state index in [-0.39, 0.29) is 30.2 Å². The number of H-pyrrole nitrogens is 1. The molecule has 2 aliphatic heterocycles. The smallest absolute Gasteiger partial charge is 0.344 e. The van der Waals surface area contributed by atoms with Crippen molar-refractivity contribution in [2.45, 2.75) is 42.8 Å². The van der Waals surface area contributed by atoms with Crippen LogP contribution in [-0.2, 0) is 20.9 Å². The minimum absolute atomic E-state index is 0.0154. The van der Waals surface area contributed by atoms with Crippen molar-refractivity contribution >= 4 is 35.0 Å². The van der Waals surface area contributed by atoms with E-state index >= 15 is 0 Å². The zero-order valence-electron chi connectivity index (χ0n) is 15.4. The van der Waals surface area contributed by atoms with Gasteiger partial charge >= 0.3 is 5.69 Å². The van der Waals surface area contributed by atoms with Gasteiger partial charge < -0.3 is 10.1 Å². The Kier molecular flexibility index (Phi) is 5.23. The maximum absolute atomic E-state index is 13.0. The topological polar surface area (TPSA) is 109 Å². The van der Waals surface area contributed by atoms with Gasteiger partial charge in [-0.1, -0.05) is 23.9 Å². The van der Waals surface area contributed by atoms with Crippen molar-refractivity contribution in [1.29, 1.82) is 0 Å². The van der Waals surface area contributed by atoms with Crippen molar-refractivity contribution in [3.8, 4) is 0 Å². The molecule has 1 fully saturated rings. The van der Waals surface area contributed by atoms with Gasteiger partial charge in [-0.3, -0.25) is 19.1 Å². The van der Waals surface area contributed by atoms with E-state index in [1.54, 1.807) is 25.1 Å². The Labute approximate surface area is 165 Å². The molecule has 0 bridgehead atoms. The largest absolute Gasteiger partial charge is 0.376 e. The lowest BCUT2D eigenvalue weighted by Gasteiger charge is -2.30. The van der Waals surface area contributed by atoms with Gasteiger partial charge in [0.1, 0.15) is 6.54 Å². The summed E-state index contributed by atoms with van der Waals surface area (Å²) in [6.45, 7) is 2.82. The Hall–Kier alpha value is -2.59. The van der Waals surface area contributed by atoms with Gasteiger partial charge in [-0.05, 0) is 31.9 Å². The lowest BCUT2D eigenvalue weighted by molar-refractivity contribution is -0.121. The highest BCUT2D eigenvalue weighted by Crippen LogP contribution is 2.31. The molecule has 0 saturated carbocycles. The van der Waals surface area contributed by atoms with Crippen molar-refractivity contribution in [2.75, 3.05) is 23.4 Å². The first-order chi connectivity index (χ1) is 13.5. The Morgan fingerprint density at radius 2 is 2.21 bits per heavy atom.